The van der Waals surface area contributed by atoms with Gasteiger partial charge in [0.1, 0.15) is 12.3 Å². The lowest BCUT2D eigenvalue weighted by Gasteiger charge is -2.21. The molecule has 0 aliphatic carbocycles. The van der Waals surface area contributed by atoms with Crippen molar-refractivity contribution in [3.63, 3.8) is 0 Å². The highest BCUT2D eigenvalue weighted by Crippen LogP contribution is 2.12. The quantitative estimate of drug-likeness (QED) is 0.814. The fourth-order valence-corrected chi connectivity index (χ4v) is 1.56. The molecule has 6 heteroatoms. The molecule has 0 unspecified atom stereocenters. The second-order valence-electron chi connectivity index (χ2n) is 5.07. The Morgan fingerprint density at radius 1 is 1.24 bits per heavy atom. The number of aromatic hydroxyl groups is 1. The molecule has 0 saturated heterocycles. The lowest BCUT2D eigenvalue weighted by Crippen LogP contribution is -2.36. The molecule has 1 N–H and O–H groups in total. The van der Waals surface area contributed by atoms with Gasteiger partial charge in [-0.2, -0.15) is 0 Å². The van der Waals surface area contributed by atoms with Crippen LogP contribution < -0.4 is 0 Å². The predicted molar refractivity (Wildman–Crippen MR) is 76.7 cm³/mol. The Morgan fingerprint density at radius 2 is 1.86 bits per heavy atom. The lowest BCUT2D eigenvalue weighted by molar-refractivity contribution is -0.141. The molecular weight excluding hydrogens is 274 g/mol. The number of carbonyl (C=O) groups excluding carboxylic acids is 2. The van der Waals surface area contributed by atoms with Crippen molar-refractivity contribution in [3.8, 4) is 5.75 Å². The van der Waals surface area contributed by atoms with Crippen LogP contribution in [0.4, 0.5) is 4.79 Å². The van der Waals surface area contributed by atoms with Crippen LogP contribution in [-0.4, -0.2) is 42.3 Å². The van der Waals surface area contributed by atoms with E-state index in [-0.39, 0.29) is 31.4 Å². The standard InChI is InChI=1S/C15H21NO5/c1-11(2)10-21-15(19)16(9-14(18)20-3)8-12-4-6-13(17)7-5-12/h4-7,11,17H,8-10H2,1-3H3. The number of hydrogen-bond acceptors (Lipinski definition) is 5. The maximum absolute atomic E-state index is 12.0. The molecule has 1 amide bonds. The minimum Gasteiger partial charge on any atom is -0.508 e. The van der Waals surface area contributed by atoms with E-state index < -0.39 is 12.1 Å². The third-order valence-corrected chi connectivity index (χ3v) is 2.66. The third-order valence-electron chi connectivity index (χ3n) is 2.66. The SMILES string of the molecule is COC(=O)CN(Cc1ccc(O)cc1)C(=O)OCC(C)C. The Kier molecular flexibility index (Phi) is 6.52. The molecule has 0 bridgehead atoms. The van der Waals surface area contributed by atoms with Gasteiger partial charge in [0.25, 0.3) is 0 Å². The number of phenols is 1. The van der Waals surface area contributed by atoms with E-state index in [0.717, 1.165) is 5.56 Å². The third kappa shape index (κ3) is 6.16. The average molecular weight is 295 g/mol. The van der Waals surface area contributed by atoms with Crippen molar-refractivity contribution >= 4 is 12.1 Å². The van der Waals surface area contributed by atoms with Crippen LogP contribution in [0, 0.1) is 5.92 Å². The van der Waals surface area contributed by atoms with Crippen molar-refractivity contribution in [1.82, 2.24) is 4.90 Å². The number of nitrogens with zero attached hydrogens (tertiary/aromatic N) is 1. The molecular formula is C15H21NO5. The first-order valence-corrected chi connectivity index (χ1v) is 6.68. The van der Waals surface area contributed by atoms with Gasteiger partial charge in [0.05, 0.1) is 13.7 Å². The smallest absolute Gasteiger partial charge is 0.410 e. The van der Waals surface area contributed by atoms with Crippen LogP contribution in [0.25, 0.3) is 0 Å². The number of hydrogen-bond donors (Lipinski definition) is 1. The Bertz CT molecular complexity index is 469. The minimum atomic E-state index is -0.567. The molecule has 0 spiro atoms. The average Bonchev–Trinajstić information content (AvgIpc) is 2.46. The first kappa shape index (κ1) is 16.8. The summed E-state index contributed by atoms with van der Waals surface area (Å²) in [4.78, 5) is 24.7. The topological polar surface area (TPSA) is 76.1 Å². The van der Waals surface area contributed by atoms with Gasteiger partial charge in [-0.05, 0) is 23.6 Å². The van der Waals surface area contributed by atoms with Gasteiger partial charge in [0.2, 0.25) is 0 Å². The molecule has 1 rings (SSSR count). The van der Waals surface area contributed by atoms with Crippen molar-refractivity contribution in [3.05, 3.63) is 29.8 Å². The van der Waals surface area contributed by atoms with Gasteiger partial charge in [-0.25, -0.2) is 4.79 Å². The zero-order valence-electron chi connectivity index (χ0n) is 12.5. The highest BCUT2D eigenvalue weighted by molar-refractivity contribution is 5.78. The molecule has 0 aliphatic rings. The number of amides is 1. The Hall–Kier alpha value is -2.24. The van der Waals surface area contributed by atoms with Crippen LogP contribution in [-0.2, 0) is 20.8 Å². The number of carbonyl (C=O) groups is 2. The number of ether oxygens (including phenoxy) is 2. The summed E-state index contributed by atoms with van der Waals surface area (Å²) in [7, 11) is 1.26. The Balaban J connectivity index is 2.73. The number of phenolic OH excluding ortho intramolecular Hbond substituents is 1. The summed E-state index contributed by atoms with van der Waals surface area (Å²) >= 11 is 0. The maximum atomic E-state index is 12.0. The second-order valence-corrected chi connectivity index (χ2v) is 5.07. The van der Waals surface area contributed by atoms with E-state index in [4.69, 9.17) is 4.74 Å². The molecule has 0 heterocycles. The molecule has 0 radical (unpaired) electrons. The number of methoxy groups -OCH3 is 1. The zero-order chi connectivity index (χ0) is 15.8. The fraction of sp³-hybridized carbons (Fsp3) is 0.467. The normalized spacial score (nSPS) is 10.3. The van der Waals surface area contributed by atoms with Gasteiger partial charge in [-0.15, -0.1) is 0 Å². The molecule has 0 aliphatic heterocycles. The summed E-state index contributed by atoms with van der Waals surface area (Å²) in [5.74, 6) is -0.168. The molecule has 1 aromatic carbocycles. The van der Waals surface area contributed by atoms with Crippen LogP contribution in [0.1, 0.15) is 19.4 Å². The van der Waals surface area contributed by atoms with Crippen LogP contribution >= 0.6 is 0 Å². The molecule has 21 heavy (non-hydrogen) atoms. The summed E-state index contributed by atoms with van der Waals surface area (Å²) in [6.07, 6.45) is -0.567. The van der Waals surface area contributed by atoms with Gasteiger partial charge >= 0.3 is 12.1 Å². The molecule has 0 atom stereocenters. The largest absolute Gasteiger partial charge is 0.508 e. The monoisotopic (exact) mass is 295 g/mol. The molecule has 0 saturated carbocycles. The van der Waals surface area contributed by atoms with E-state index >= 15 is 0 Å². The summed E-state index contributed by atoms with van der Waals surface area (Å²) in [6, 6.07) is 6.39. The van der Waals surface area contributed by atoms with Crippen LogP contribution in [0.15, 0.2) is 24.3 Å². The summed E-state index contributed by atoms with van der Waals surface area (Å²) in [6.45, 7) is 4.16. The minimum absolute atomic E-state index is 0.139. The van der Waals surface area contributed by atoms with Crippen molar-refractivity contribution in [2.24, 2.45) is 5.92 Å². The van der Waals surface area contributed by atoms with Crippen molar-refractivity contribution in [2.75, 3.05) is 20.3 Å². The van der Waals surface area contributed by atoms with Crippen molar-refractivity contribution in [1.29, 1.82) is 0 Å². The Morgan fingerprint density at radius 3 is 2.38 bits per heavy atom. The first-order chi connectivity index (χ1) is 9.92. The van der Waals surface area contributed by atoms with Crippen molar-refractivity contribution < 1.29 is 24.2 Å². The van der Waals surface area contributed by atoms with Crippen LogP contribution in [0.5, 0.6) is 5.75 Å². The zero-order valence-corrected chi connectivity index (χ0v) is 12.5. The number of rotatable bonds is 6. The molecule has 0 fully saturated rings. The summed E-state index contributed by atoms with van der Waals surface area (Å²) in [5, 5.41) is 9.25. The fourth-order valence-electron chi connectivity index (χ4n) is 1.56. The van der Waals surface area contributed by atoms with Gasteiger partial charge in [-0.1, -0.05) is 26.0 Å². The maximum Gasteiger partial charge on any atom is 0.410 e. The first-order valence-electron chi connectivity index (χ1n) is 6.68. The molecule has 116 valence electrons. The van der Waals surface area contributed by atoms with Gasteiger partial charge in [0, 0.05) is 6.54 Å². The summed E-state index contributed by atoms with van der Waals surface area (Å²) < 4.78 is 9.72. The van der Waals surface area contributed by atoms with E-state index in [1.165, 1.54) is 24.1 Å². The number of benzene rings is 1. The van der Waals surface area contributed by atoms with E-state index in [9.17, 15) is 14.7 Å². The van der Waals surface area contributed by atoms with Crippen LogP contribution in [0.2, 0.25) is 0 Å². The van der Waals surface area contributed by atoms with E-state index in [0.29, 0.717) is 0 Å². The van der Waals surface area contributed by atoms with Crippen molar-refractivity contribution in [2.45, 2.75) is 20.4 Å². The molecule has 0 aromatic heterocycles. The molecule has 6 nitrogen and oxygen atoms in total. The number of esters is 1. The van der Waals surface area contributed by atoms with Gasteiger partial charge in [0.15, 0.2) is 0 Å². The molecule has 1 aromatic rings. The van der Waals surface area contributed by atoms with E-state index in [1.807, 2.05) is 13.8 Å². The van der Waals surface area contributed by atoms with E-state index in [2.05, 4.69) is 4.74 Å². The highest BCUT2D eigenvalue weighted by atomic mass is 16.6. The second kappa shape index (κ2) is 8.14. The predicted octanol–water partition coefficient (Wildman–Crippen LogP) is 2.16. The van der Waals surface area contributed by atoms with Gasteiger partial charge in [-0.3, -0.25) is 9.69 Å². The Labute approximate surface area is 124 Å². The van der Waals surface area contributed by atoms with E-state index in [1.54, 1.807) is 12.1 Å². The van der Waals surface area contributed by atoms with Crippen LogP contribution in [0.3, 0.4) is 0 Å². The summed E-state index contributed by atoms with van der Waals surface area (Å²) in [5.41, 5.74) is 0.776. The lowest BCUT2D eigenvalue weighted by atomic mass is 10.2. The van der Waals surface area contributed by atoms with Gasteiger partial charge < -0.3 is 14.6 Å². The highest BCUT2D eigenvalue weighted by Gasteiger charge is 2.19.